The van der Waals surface area contributed by atoms with Crippen LogP contribution in [0.4, 0.5) is 5.82 Å². The predicted octanol–water partition coefficient (Wildman–Crippen LogP) is 4.08. The number of ether oxygens (including phenoxy) is 1. The highest BCUT2D eigenvalue weighted by molar-refractivity contribution is 5.89. The van der Waals surface area contributed by atoms with Crippen LogP contribution < -0.4 is 10.5 Å². The van der Waals surface area contributed by atoms with Crippen LogP contribution >= 0.6 is 0 Å². The lowest BCUT2D eigenvalue weighted by Gasteiger charge is -2.31. The van der Waals surface area contributed by atoms with Crippen LogP contribution in [-0.2, 0) is 4.79 Å². The maximum absolute atomic E-state index is 12.2. The Morgan fingerprint density at radius 1 is 1.09 bits per heavy atom. The maximum atomic E-state index is 12.2. The Balaban J connectivity index is 1.50. The van der Waals surface area contributed by atoms with Crippen LogP contribution in [0.5, 0.6) is 11.5 Å². The number of rotatable bonds is 5. The van der Waals surface area contributed by atoms with E-state index < -0.39 is 0 Å². The van der Waals surface area contributed by atoms with Gasteiger partial charge < -0.3 is 15.4 Å². The minimum absolute atomic E-state index is 0.0568. The molecular formula is C25H24N6O2. The van der Waals surface area contributed by atoms with Crippen molar-refractivity contribution >= 4 is 22.8 Å². The van der Waals surface area contributed by atoms with Gasteiger partial charge in [-0.2, -0.15) is 5.10 Å². The van der Waals surface area contributed by atoms with Gasteiger partial charge in [0.25, 0.3) is 0 Å². The topological polar surface area (TPSA) is 99.2 Å². The molecule has 8 heteroatoms. The van der Waals surface area contributed by atoms with E-state index >= 15 is 0 Å². The molecule has 2 N–H and O–H groups in total. The zero-order chi connectivity index (χ0) is 22.8. The van der Waals surface area contributed by atoms with E-state index in [2.05, 4.69) is 16.5 Å². The molecule has 33 heavy (non-hydrogen) atoms. The van der Waals surface area contributed by atoms with Crippen LogP contribution in [0.1, 0.15) is 24.5 Å². The van der Waals surface area contributed by atoms with Gasteiger partial charge in [0.2, 0.25) is 5.91 Å². The largest absolute Gasteiger partial charge is 0.457 e. The van der Waals surface area contributed by atoms with Gasteiger partial charge in [-0.3, -0.25) is 4.79 Å². The molecule has 1 fully saturated rings. The van der Waals surface area contributed by atoms with Crippen molar-refractivity contribution < 1.29 is 9.53 Å². The van der Waals surface area contributed by atoms with Gasteiger partial charge in [0.05, 0.1) is 11.4 Å². The summed E-state index contributed by atoms with van der Waals surface area (Å²) >= 11 is 0. The van der Waals surface area contributed by atoms with Crippen molar-refractivity contribution in [2.45, 2.75) is 18.8 Å². The molecule has 1 amide bonds. The lowest BCUT2D eigenvalue weighted by Crippen LogP contribution is -2.38. The molecule has 1 aliphatic heterocycles. The van der Waals surface area contributed by atoms with Gasteiger partial charge in [-0.25, -0.2) is 14.6 Å². The summed E-state index contributed by atoms with van der Waals surface area (Å²) in [6, 6.07) is 17.2. The third kappa shape index (κ3) is 4.03. The molecule has 1 saturated heterocycles. The fourth-order valence-corrected chi connectivity index (χ4v) is 4.27. The summed E-state index contributed by atoms with van der Waals surface area (Å²) in [5.74, 6) is 1.84. The number of benzene rings is 2. The number of hydrogen-bond acceptors (Lipinski definition) is 6. The molecule has 0 saturated carbocycles. The maximum Gasteiger partial charge on any atom is 0.245 e. The molecule has 0 bridgehead atoms. The van der Waals surface area contributed by atoms with E-state index in [9.17, 15) is 4.79 Å². The van der Waals surface area contributed by atoms with Gasteiger partial charge in [0.15, 0.2) is 5.82 Å². The quantitative estimate of drug-likeness (QED) is 0.470. The van der Waals surface area contributed by atoms with E-state index in [0.29, 0.717) is 23.4 Å². The number of nitrogen functional groups attached to an aromatic ring is 1. The number of carbonyl (C=O) groups is 1. The number of likely N-dealkylation sites (tertiary alicyclic amines) is 1. The monoisotopic (exact) mass is 440 g/mol. The Bertz CT molecular complexity index is 1300. The normalized spacial score (nSPS) is 16.0. The summed E-state index contributed by atoms with van der Waals surface area (Å²) < 4.78 is 7.68. The van der Waals surface area contributed by atoms with Crippen molar-refractivity contribution in [1.29, 1.82) is 0 Å². The average Bonchev–Trinajstić information content (AvgIpc) is 3.26. The summed E-state index contributed by atoms with van der Waals surface area (Å²) in [5, 5.41) is 4.91. The van der Waals surface area contributed by atoms with E-state index in [1.807, 2.05) is 59.5 Å². The molecule has 3 heterocycles. The summed E-state index contributed by atoms with van der Waals surface area (Å²) in [5.41, 5.74) is 9.27. The van der Waals surface area contributed by atoms with Crippen molar-refractivity contribution in [1.82, 2.24) is 24.6 Å². The Hall–Kier alpha value is -4.20. The molecule has 166 valence electrons. The fourth-order valence-electron chi connectivity index (χ4n) is 4.27. The first kappa shape index (κ1) is 20.7. The number of amides is 1. The Morgan fingerprint density at radius 3 is 2.61 bits per heavy atom. The molecule has 1 unspecified atom stereocenters. The van der Waals surface area contributed by atoms with Crippen LogP contribution in [0.15, 0.2) is 73.6 Å². The van der Waals surface area contributed by atoms with Crippen molar-refractivity contribution in [2.24, 2.45) is 0 Å². The first-order valence-electron chi connectivity index (χ1n) is 10.9. The van der Waals surface area contributed by atoms with Crippen LogP contribution in [0.25, 0.3) is 16.7 Å². The summed E-state index contributed by atoms with van der Waals surface area (Å²) in [6.45, 7) is 4.91. The summed E-state index contributed by atoms with van der Waals surface area (Å²) in [6.07, 6.45) is 4.63. The number of carbonyl (C=O) groups excluding carboxylic acids is 1. The number of para-hydroxylation sites is 1. The molecule has 4 aromatic rings. The van der Waals surface area contributed by atoms with E-state index in [0.717, 1.165) is 42.3 Å². The van der Waals surface area contributed by atoms with Gasteiger partial charge >= 0.3 is 0 Å². The molecule has 0 aliphatic carbocycles. The third-order valence-electron chi connectivity index (χ3n) is 5.87. The third-order valence-corrected chi connectivity index (χ3v) is 5.87. The van der Waals surface area contributed by atoms with Crippen molar-refractivity contribution in [2.75, 3.05) is 18.8 Å². The highest BCUT2D eigenvalue weighted by Gasteiger charge is 2.29. The second-order valence-electron chi connectivity index (χ2n) is 7.99. The second-order valence-corrected chi connectivity index (χ2v) is 7.99. The number of nitrogens with zero attached hydrogens (tertiary/aromatic N) is 5. The second kappa shape index (κ2) is 8.74. The van der Waals surface area contributed by atoms with E-state index in [1.54, 1.807) is 4.68 Å². The minimum Gasteiger partial charge on any atom is -0.457 e. The highest BCUT2D eigenvalue weighted by Crippen LogP contribution is 2.33. The van der Waals surface area contributed by atoms with Crippen molar-refractivity contribution in [3.8, 4) is 17.2 Å². The number of piperidine rings is 1. The SMILES string of the molecule is C=CC(=O)N1CCCC(c2nn(-c3ccc(Oc4ccccc4)cc3)c3c(N)ncnc23)C1. The standard InChI is InChI=1S/C25H24N6O2/c1-2-21(32)30-14-6-7-17(15-30)22-23-24(25(26)28-16-27-23)31(29-22)18-10-12-20(13-11-18)33-19-8-4-3-5-9-19/h2-5,8-13,16-17H,1,6-7,14-15H2,(H2,26,27,28). The molecule has 2 aromatic carbocycles. The molecule has 8 nitrogen and oxygen atoms in total. The van der Waals surface area contributed by atoms with E-state index in [-0.39, 0.29) is 11.8 Å². The molecule has 2 aromatic heterocycles. The minimum atomic E-state index is -0.0633. The number of nitrogens with two attached hydrogens (primary N) is 1. The van der Waals surface area contributed by atoms with Crippen LogP contribution in [0.3, 0.4) is 0 Å². The zero-order valence-electron chi connectivity index (χ0n) is 18.1. The zero-order valence-corrected chi connectivity index (χ0v) is 18.1. The first-order valence-corrected chi connectivity index (χ1v) is 10.9. The Labute approximate surface area is 191 Å². The molecule has 5 rings (SSSR count). The lowest BCUT2D eigenvalue weighted by molar-refractivity contribution is -0.127. The Morgan fingerprint density at radius 2 is 1.85 bits per heavy atom. The highest BCUT2D eigenvalue weighted by atomic mass is 16.5. The predicted molar refractivity (Wildman–Crippen MR) is 126 cm³/mol. The van der Waals surface area contributed by atoms with Gasteiger partial charge in [-0.1, -0.05) is 24.8 Å². The first-order chi connectivity index (χ1) is 16.1. The average molecular weight is 441 g/mol. The molecule has 0 spiro atoms. The van der Waals surface area contributed by atoms with Crippen LogP contribution in [-0.4, -0.2) is 43.6 Å². The van der Waals surface area contributed by atoms with Gasteiger partial charge in [-0.05, 0) is 55.3 Å². The van der Waals surface area contributed by atoms with Crippen LogP contribution in [0, 0.1) is 0 Å². The van der Waals surface area contributed by atoms with E-state index in [4.69, 9.17) is 15.6 Å². The number of fused-ring (bicyclic) bond motifs is 1. The molecule has 0 radical (unpaired) electrons. The Kier molecular flexibility index (Phi) is 5.48. The summed E-state index contributed by atoms with van der Waals surface area (Å²) in [4.78, 5) is 22.7. The smallest absolute Gasteiger partial charge is 0.245 e. The van der Waals surface area contributed by atoms with E-state index in [1.165, 1.54) is 12.4 Å². The molecule has 1 aliphatic rings. The lowest BCUT2D eigenvalue weighted by atomic mass is 9.94. The fraction of sp³-hybridized carbons (Fsp3) is 0.200. The number of hydrogen-bond donors (Lipinski definition) is 1. The summed E-state index contributed by atoms with van der Waals surface area (Å²) in [7, 11) is 0. The molecule has 1 atom stereocenters. The van der Waals surface area contributed by atoms with Crippen LogP contribution in [0.2, 0.25) is 0 Å². The van der Waals surface area contributed by atoms with Gasteiger partial charge in [0, 0.05) is 19.0 Å². The van der Waals surface area contributed by atoms with Gasteiger partial charge in [0.1, 0.15) is 28.9 Å². The van der Waals surface area contributed by atoms with Gasteiger partial charge in [-0.15, -0.1) is 0 Å². The van der Waals surface area contributed by atoms with Crippen molar-refractivity contribution in [3.05, 3.63) is 79.3 Å². The van der Waals surface area contributed by atoms with Crippen molar-refractivity contribution in [3.63, 3.8) is 0 Å². The molecular weight excluding hydrogens is 416 g/mol. The number of anilines is 1. The number of aromatic nitrogens is 4.